The van der Waals surface area contributed by atoms with Gasteiger partial charge in [-0.25, -0.2) is 0 Å². The van der Waals surface area contributed by atoms with Crippen LogP contribution in [-0.4, -0.2) is 0 Å². The molecular weight excluding hydrogens is 335 g/mol. The molecule has 0 heterocycles. The number of aryl methyl sites for hydroxylation is 4. The summed E-state index contributed by atoms with van der Waals surface area (Å²) in [6, 6.07) is 16.7. The van der Waals surface area contributed by atoms with Crippen molar-refractivity contribution in [1.29, 1.82) is 0 Å². The van der Waals surface area contributed by atoms with Crippen molar-refractivity contribution < 1.29 is 0 Å². The Hall–Kier alpha value is -1.76. The highest BCUT2D eigenvalue weighted by Crippen LogP contribution is 2.40. The summed E-state index contributed by atoms with van der Waals surface area (Å²) in [7, 11) is 0. The van der Waals surface area contributed by atoms with Crippen molar-refractivity contribution >= 4 is 23.2 Å². The van der Waals surface area contributed by atoms with E-state index in [9.17, 15) is 0 Å². The molecule has 0 aromatic heterocycles. The summed E-state index contributed by atoms with van der Waals surface area (Å²) in [6.07, 6.45) is 0. The van der Waals surface area contributed by atoms with E-state index in [0.29, 0.717) is 0 Å². The summed E-state index contributed by atoms with van der Waals surface area (Å²) in [5, 5.41) is 1.45. The van der Waals surface area contributed by atoms with Crippen LogP contribution in [0, 0.1) is 27.7 Å². The molecule has 24 heavy (non-hydrogen) atoms. The first-order valence-corrected chi connectivity index (χ1v) is 8.76. The SMILES string of the molecule is Cc1ccc(C)c(-c2cc(Cl)c(-c3cc(C)ccc3C)cc2Cl)c1. The van der Waals surface area contributed by atoms with Crippen LogP contribution >= 0.6 is 23.2 Å². The molecule has 0 saturated carbocycles. The fourth-order valence-electron chi connectivity index (χ4n) is 3.01. The van der Waals surface area contributed by atoms with Crippen molar-refractivity contribution in [2.24, 2.45) is 0 Å². The van der Waals surface area contributed by atoms with Crippen molar-refractivity contribution in [2.45, 2.75) is 27.7 Å². The second-order valence-corrected chi connectivity index (χ2v) is 7.26. The standard InChI is InChI=1S/C22H20Cl2/c1-13-5-7-15(3)17(9-13)19-11-22(24)20(12-21(19)23)18-10-14(2)6-8-16(18)4/h5-12H,1-4H3. The Labute approximate surface area is 154 Å². The summed E-state index contributed by atoms with van der Waals surface area (Å²) in [5.74, 6) is 0. The third-order valence-corrected chi connectivity index (χ3v) is 5.05. The van der Waals surface area contributed by atoms with E-state index in [1.54, 1.807) is 0 Å². The minimum atomic E-state index is 0.726. The highest BCUT2D eigenvalue weighted by Gasteiger charge is 2.14. The van der Waals surface area contributed by atoms with Crippen molar-refractivity contribution in [1.82, 2.24) is 0 Å². The van der Waals surface area contributed by atoms with Crippen LogP contribution in [0.1, 0.15) is 22.3 Å². The molecule has 3 rings (SSSR count). The molecule has 3 aromatic rings. The van der Waals surface area contributed by atoms with E-state index >= 15 is 0 Å². The lowest BCUT2D eigenvalue weighted by Gasteiger charge is -2.15. The molecule has 2 heteroatoms. The molecule has 0 nitrogen and oxygen atoms in total. The molecule has 122 valence electrons. The Morgan fingerprint density at radius 1 is 0.500 bits per heavy atom. The highest BCUT2D eigenvalue weighted by molar-refractivity contribution is 6.37. The molecule has 0 amide bonds. The summed E-state index contributed by atoms with van der Waals surface area (Å²) >= 11 is 13.3. The van der Waals surface area contributed by atoms with Crippen LogP contribution in [-0.2, 0) is 0 Å². The molecule has 0 aliphatic rings. The quantitative estimate of drug-likeness (QED) is 0.445. The fourth-order valence-corrected chi connectivity index (χ4v) is 3.54. The molecular formula is C22H20Cl2. The predicted octanol–water partition coefficient (Wildman–Crippen LogP) is 7.56. The van der Waals surface area contributed by atoms with Gasteiger partial charge in [-0.05, 0) is 62.1 Å². The summed E-state index contributed by atoms with van der Waals surface area (Å²) in [5.41, 5.74) is 9.04. The molecule has 0 saturated heterocycles. The van der Waals surface area contributed by atoms with Crippen LogP contribution in [0.25, 0.3) is 22.3 Å². The van der Waals surface area contributed by atoms with Gasteiger partial charge in [0.25, 0.3) is 0 Å². The van der Waals surface area contributed by atoms with Crippen LogP contribution in [0.3, 0.4) is 0 Å². The molecule has 0 unspecified atom stereocenters. The largest absolute Gasteiger partial charge is 0.0836 e. The van der Waals surface area contributed by atoms with Gasteiger partial charge in [-0.3, -0.25) is 0 Å². The Morgan fingerprint density at radius 3 is 1.25 bits per heavy atom. The summed E-state index contributed by atoms with van der Waals surface area (Å²) in [4.78, 5) is 0. The predicted molar refractivity (Wildman–Crippen MR) is 106 cm³/mol. The highest BCUT2D eigenvalue weighted by atomic mass is 35.5. The number of hydrogen-bond donors (Lipinski definition) is 0. The van der Waals surface area contributed by atoms with Crippen molar-refractivity contribution in [3.05, 3.63) is 80.8 Å². The maximum Gasteiger partial charge on any atom is 0.0491 e. The minimum absolute atomic E-state index is 0.726. The molecule has 0 radical (unpaired) electrons. The van der Waals surface area contributed by atoms with Gasteiger partial charge in [0.05, 0.1) is 0 Å². The minimum Gasteiger partial charge on any atom is -0.0836 e. The smallest absolute Gasteiger partial charge is 0.0491 e. The molecule has 3 aromatic carbocycles. The van der Waals surface area contributed by atoms with Gasteiger partial charge in [0.1, 0.15) is 0 Å². The van der Waals surface area contributed by atoms with Gasteiger partial charge in [0.15, 0.2) is 0 Å². The van der Waals surface area contributed by atoms with Crippen molar-refractivity contribution in [3.8, 4) is 22.3 Å². The normalized spacial score (nSPS) is 10.9. The first kappa shape index (κ1) is 17.1. The molecule has 0 fully saturated rings. The fraction of sp³-hybridized carbons (Fsp3) is 0.182. The molecule has 0 aliphatic heterocycles. The van der Waals surface area contributed by atoms with Crippen molar-refractivity contribution in [2.75, 3.05) is 0 Å². The van der Waals surface area contributed by atoms with Gasteiger partial charge in [0.2, 0.25) is 0 Å². The first-order chi connectivity index (χ1) is 11.4. The molecule has 0 atom stereocenters. The zero-order valence-corrected chi connectivity index (χ0v) is 15.9. The van der Waals surface area contributed by atoms with E-state index in [2.05, 4.69) is 64.1 Å². The maximum atomic E-state index is 6.64. The van der Waals surface area contributed by atoms with E-state index in [1.807, 2.05) is 12.1 Å². The molecule has 0 N–H and O–H groups in total. The number of halogens is 2. The summed E-state index contributed by atoms with van der Waals surface area (Å²) in [6.45, 7) is 8.36. The monoisotopic (exact) mass is 354 g/mol. The van der Waals surface area contributed by atoms with Crippen LogP contribution in [0.4, 0.5) is 0 Å². The van der Waals surface area contributed by atoms with Crippen LogP contribution in [0.15, 0.2) is 48.5 Å². The van der Waals surface area contributed by atoms with Crippen LogP contribution < -0.4 is 0 Å². The van der Waals surface area contributed by atoms with E-state index in [1.165, 1.54) is 22.3 Å². The topological polar surface area (TPSA) is 0 Å². The lowest BCUT2D eigenvalue weighted by molar-refractivity contribution is 1.38. The Balaban J connectivity index is 2.20. The van der Waals surface area contributed by atoms with E-state index in [4.69, 9.17) is 23.2 Å². The van der Waals surface area contributed by atoms with Gasteiger partial charge < -0.3 is 0 Å². The Bertz CT molecular complexity index is 846. The Kier molecular flexibility index (Phi) is 4.71. The molecule has 0 bridgehead atoms. The third kappa shape index (κ3) is 3.22. The number of benzene rings is 3. The molecule has 0 spiro atoms. The second kappa shape index (κ2) is 6.63. The van der Waals surface area contributed by atoms with Gasteiger partial charge in [-0.15, -0.1) is 0 Å². The molecule has 0 aliphatic carbocycles. The first-order valence-electron chi connectivity index (χ1n) is 8.01. The zero-order valence-electron chi connectivity index (χ0n) is 14.4. The summed E-state index contributed by atoms with van der Waals surface area (Å²) < 4.78 is 0. The number of rotatable bonds is 2. The third-order valence-electron chi connectivity index (χ3n) is 4.42. The van der Waals surface area contributed by atoms with Gasteiger partial charge in [-0.1, -0.05) is 70.7 Å². The van der Waals surface area contributed by atoms with Gasteiger partial charge in [0, 0.05) is 21.2 Å². The van der Waals surface area contributed by atoms with Gasteiger partial charge >= 0.3 is 0 Å². The van der Waals surface area contributed by atoms with Crippen molar-refractivity contribution in [3.63, 3.8) is 0 Å². The lowest BCUT2D eigenvalue weighted by atomic mass is 9.94. The van der Waals surface area contributed by atoms with E-state index < -0.39 is 0 Å². The van der Waals surface area contributed by atoms with Gasteiger partial charge in [-0.2, -0.15) is 0 Å². The van der Waals surface area contributed by atoms with Crippen LogP contribution in [0.2, 0.25) is 10.0 Å². The van der Waals surface area contributed by atoms with E-state index in [0.717, 1.165) is 32.3 Å². The average molecular weight is 355 g/mol. The lowest BCUT2D eigenvalue weighted by Crippen LogP contribution is -1.90. The second-order valence-electron chi connectivity index (χ2n) is 6.45. The zero-order chi connectivity index (χ0) is 17.4. The average Bonchev–Trinajstić information content (AvgIpc) is 2.54. The van der Waals surface area contributed by atoms with E-state index in [-0.39, 0.29) is 0 Å². The Morgan fingerprint density at radius 2 is 0.875 bits per heavy atom. The van der Waals surface area contributed by atoms with Crippen LogP contribution in [0.5, 0.6) is 0 Å². The number of hydrogen-bond acceptors (Lipinski definition) is 0. The maximum absolute atomic E-state index is 6.64.